The average Bonchev–Trinajstić information content (AvgIpc) is 2.81. The highest BCUT2D eigenvalue weighted by molar-refractivity contribution is 5.95. The topological polar surface area (TPSA) is 63.6 Å². The zero-order valence-corrected chi connectivity index (χ0v) is 18.8. The summed E-state index contributed by atoms with van der Waals surface area (Å²) < 4.78 is 47.4. The van der Waals surface area contributed by atoms with E-state index >= 15 is 0 Å². The Morgan fingerprint density at radius 1 is 1.12 bits per heavy atom. The van der Waals surface area contributed by atoms with Crippen LogP contribution in [0.5, 0.6) is 0 Å². The predicted molar refractivity (Wildman–Crippen MR) is 120 cm³/mol. The van der Waals surface area contributed by atoms with Gasteiger partial charge in [0.2, 0.25) is 0 Å². The number of morpholine rings is 1. The summed E-state index contributed by atoms with van der Waals surface area (Å²) in [5, 5.41) is 2.75. The van der Waals surface area contributed by atoms with Crippen molar-refractivity contribution in [3.05, 3.63) is 58.0 Å². The van der Waals surface area contributed by atoms with Crippen LogP contribution >= 0.6 is 0 Å². The third-order valence-electron chi connectivity index (χ3n) is 5.67. The molecule has 3 rings (SSSR count). The van der Waals surface area contributed by atoms with Crippen LogP contribution < -0.4 is 10.9 Å². The third-order valence-corrected chi connectivity index (χ3v) is 5.67. The molecule has 0 spiro atoms. The highest BCUT2D eigenvalue weighted by Crippen LogP contribution is 2.36. The number of benzene rings is 1. The molecule has 0 unspecified atom stereocenters. The summed E-state index contributed by atoms with van der Waals surface area (Å²) in [5.41, 5.74) is -1.31. The van der Waals surface area contributed by atoms with Gasteiger partial charge >= 0.3 is 6.18 Å². The van der Waals surface area contributed by atoms with Crippen molar-refractivity contribution in [3.8, 4) is 11.1 Å². The number of nitrogens with zero attached hydrogens (tertiary/aromatic N) is 2. The molecular formula is C24H30F3N3O3. The second-order valence-electron chi connectivity index (χ2n) is 8.10. The van der Waals surface area contributed by atoms with Gasteiger partial charge in [-0.2, -0.15) is 13.2 Å². The Kier molecular flexibility index (Phi) is 8.68. The highest BCUT2D eigenvalue weighted by Gasteiger charge is 2.33. The Morgan fingerprint density at radius 2 is 1.85 bits per heavy atom. The summed E-state index contributed by atoms with van der Waals surface area (Å²) in [6, 6.07) is 6.46. The van der Waals surface area contributed by atoms with Gasteiger partial charge in [0.15, 0.2) is 0 Å². The maximum Gasteiger partial charge on any atom is 0.417 e. The van der Waals surface area contributed by atoms with E-state index in [1.165, 1.54) is 35.0 Å². The first-order valence-electron chi connectivity index (χ1n) is 11.3. The van der Waals surface area contributed by atoms with Crippen LogP contribution in [0.1, 0.15) is 42.1 Å². The Labute approximate surface area is 191 Å². The number of nitrogens with one attached hydrogen (secondary N) is 1. The quantitative estimate of drug-likeness (QED) is 0.573. The molecule has 9 heteroatoms. The highest BCUT2D eigenvalue weighted by atomic mass is 19.4. The molecule has 1 N–H and O–H groups in total. The Balaban J connectivity index is 1.83. The van der Waals surface area contributed by atoms with Gasteiger partial charge in [0, 0.05) is 32.4 Å². The number of ether oxygens (including phenoxy) is 1. The molecule has 180 valence electrons. The van der Waals surface area contributed by atoms with E-state index in [1.54, 1.807) is 0 Å². The number of aromatic nitrogens is 1. The lowest BCUT2D eigenvalue weighted by molar-refractivity contribution is -0.137. The van der Waals surface area contributed by atoms with Crippen LogP contribution in [0.25, 0.3) is 11.1 Å². The first-order chi connectivity index (χ1) is 15.8. The molecular weight excluding hydrogens is 435 g/mol. The number of unbranched alkanes of at least 4 members (excludes halogenated alkanes) is 1. The zero-order valence-electron chi connectivity index (χ0n) is 18.8. The lowest BCUT2D eigenvalue weighted by Crippen LogP contribution is -2.38. The molecule has 2 aromatic rings. The maximum atomic E-state index is 13.6. The molecule has 6 nitrogen and oxygen atoms in total. The van der Waals surface area contributed by atoms with Crippen molar-refractivity contribution in [1.82, 2.24) is 14.8 Å². The first-order valence-corrected chi connectivity index (χ1v) is 11.3. The third kappa shape index (κ3) is 6.68. The zero-order chi connectivity index (χ0) is 23.8. The maximum absolute atomic E-state index is 13.6. The van der Waals surface area contributed by atoms with Gasteiger partial charge in [-0.05, 0) is 42.6 Å². The van der Waals surface area contributed by atoms with Crippen molar-refractivity contribution in [2.45, 2.75) is 38.9 Å². The number of aryl methyl sites for hydroxylation is 1. The van der Waals surface area contributed by atoms with Gasteiger partial charge in [-0.15, -0.1) is 0 Å². The van der Waals surface area contributed by atoms with Gasteiger partial charge in [0.25, 0.3) is 11.5 Å². The number of halogens is 3. The normalized spacial score (nSPS) is 14.9. The van der Waals surface area contributed by atoms with Gasteiger partial charge in [-0.3, -0.25) is 14.5 Å². The van der Waals surface area contributed by atoms with Gasteiger partial charge in [-0.25, -0.2) is 0 Å². The molecule has 1 fully saturated rings. The van der Waals surface area contributed by atoms with E-state index < -0.39 is 23.2 Å². The minimum atomic E-state index is -4.55. The van der Waals surface area contributed by atoms with Crippen molar-refractivity contribution < 1.29 is 22.7 Å². The van der Waals surface area contributed by atoms with Crippen LogP contribution in [-0.4, -0.2) is 54.8 Å². The number of amides is 1. The fourth-order valence-corrected chi connectivity index (χ4v) is 3.85. The molecule has 33 heavy (non-hydrogen) atoms. The molecule has 1 amide bonds. The Morgan fingerprint density at radius 3 is 2.55 bits per heavy atom. The minimum Gasteiger partial charge on any atom is -0.379 e. The molecule has 0 radical (unpaired) electrons. The van der Waals surface area contributed by atoms with Crippen LogP contribution in [0.2, 0.25) is 0 Å². The van der Waals surface area contributed by atoms with Gasteiger partial charge in [0.1, 0.15) is 5.56 Å². The molecule has 0 aliphatic carbocycles. The van der Waals surface area contributed by atoms with Crippen LogP contribution in [-0.2, 0) is 17.5 Å². The van der Waals surface area contributed by atoms with E-state index in [2.05, 4.69) is 10.2 Å². The molecule has 0 atom stereocenters. The fraction of sp³-hybridized carbons (Fsp3) is 0.500. The van der Waals surface area contributed by atoms with Crippen LogP contribution in [0, 0.1) is 0 Å². The molecule has 2 heterocycles. The van der Waals surface area contributed by atoms with Gasteiger partial charge in [0.05, 0.1) is 18.8 Å². The monoisotopic (exact) mass is 465 g/mol. The number of alkyl halides is 3. The van der Waals surface area contributed by atoms with Crippen molar-refractivity contribution in [1.29, 1.82) is 0 Å². The summed E-state index contributed by atoms with van der Waals surface area (Å²) in [7, 11) is 0. The van der Waals surface area contributed by atoms with Crippen molar-refractivity contribution in [2.75, 3.05) is 39.4 Å². The molecule has 1 aliphatic heterocycles. The SMILES string of the molecule is CCCCn1cc(-c2ccccc2C(F)(F)F)cc(C(=O)NCCCN2CCOCC2)c1=O. The Bertz CT molecular complexity index is 998. The number of rotatable bonds is 9. The molecule has 0 bridgehead atoms. The van der Waals surface area contributed by atoms with E-state index in [4.69, 9.17) is 4.74 Å². The summed E-state index contributed by atoms with van der Waals surface area (Å²) in [5.74, 6) is -0.571. The van der Waals surface area contributed by atoms with Crippen molar-refractivity contribution in [2.24, 2.45) is 0 Å². The summed E-state index contributed by atoms with van der Waals surface area (Å²) >= 11 is 0. The minimum absolute atomic E-state index is 0.0587. The number of carbonyl (C=O) groups is 1. The number of hydrogen-bond donors (Lipinski definition) is 1. The van der Waals surface area contributed by atoms with E-state index in [1.807, 2.05) is 6.92 Å². The van der Waals surface area contributed by atoms with Crippen LogP contribution in [0.4, 0.5) is 13.2 Å². The molecule has 1 saturated heterocycles. The summed E-state index contributed by atoms with van der Waals surface area (Å²) in [6.07, 6.45) is -0.962. The smallest absolute Gasteiger partial charge is 0.379 e. The lowest BCUT2D eigenvalue weighted by Gasteiger charge is -2.26. The van der Waals surface area contributed by atoms with E-state index in [0.29, 0.717) is 39.1 Å². The molecule has 1 aliphatic rings. The van der Waals surface area contributed by atoms with Crippen molar-refractivity contribution >= 4 is 5.91 Å². The Hall–Kier alpha value is -2.65. The molecule has 1 aromatic heterocycles. The summed E-state index contributed by atoms with van der Waals surface area (Å²) in [6.45, 7) is 6.51. The van der Waals surface area contributed by atoms with Gasteiger partial charge in [-0.1, -0.05) is 31.5 Å². The lowest BCUT2D eigenvalue weighted by atomic mass is 9.99. The van der Waals surface area contributed by atoms with Gasteiger partial charge < -0.3 is 14.6 Å². The number of carbonyl (C=O) groups excluding carboxylic acids is 1. The van der Waals surface area contributed by atoms with Crippen LogP contribution in [0.15, 0.2) is 41.3 Å². The second kappa shape index (κ2) is 11.5. The molecule has 1 aromatic carbocycles. The number of hydrogen-bond acceptors (Lipinski definition) is 4. The fourth-order valence-electron chi connectivity index (χ4n) is 3.85. The van der Waals surface area contributed by atoms with Crippen molar-refractivity contribution in [3.63, 3.8) is 0 Å². The van der Waals surface area contributed by atoms with E-state index in [-0.39, 0.29) is 16.7 Å². The largest absolute Gasteiger partial charge is 0.417 e. The first kappa shape index (κ1) is 25.0. The average molecular weight is 466 g/mol. The predicted octanol–water partition coefficient (Wildman–Crippen LogP) is 3.79. The van der Waals surface area contributed by atoms with E-state index in [0.717, 1.165) is 32.1 Å². The van der Waals surface area contributed by atoms with Crippen LogP contribution in [0.3, 0.4) is 0 Å². The molecule has 0 saturated carbocycles. The summed E-state index contributed by atoms with van der Waals surface area (Å²) in [4.78, 5) is 28.0. The second-order valence-corrected chi connectivity index (χ2v) is 8.10. The van der Waals surface area contributed by atoms with E-state index in [9.17, 15) is 22.8 Å². The number of pyridine rings is 1. The standard InChI is InChI=1S/C24H30F3N3O3/c1-2-3-11-30-17-18(19-7-4-5-8-21(19)24(25,26)27)16-20(23(30)32)22(31)28-9-6-10-29-12-14-33-15-13-29/h4-5,7-8,16-17H,2-3,6,9-15H2,1H3,(H,28,31).